The lowest BCUT2D eigenvalue weighted by molar-refractivity contribution is -0.131. The number of carbonyl (C=O) groups is 1. The molecule has 0 aliphatic carbocycles. The van der Waals surface area contributed by atoms with Crippen LogP contribution in [0, 0.1) is 5.92 Å². The van der Waals surface area contributed by atoms with Crippen LogP contribution in [0.1, 0.15) is 18.4 Å². The Bertz CT molecular complexity index is 607. The van der Waals surface area contributed by atoms with Crippen LogP contribution in [0.15, 0.2) is 24.3 Å². The largest absolute Gasteiger partial charge is 0.342 e. The summed E-state index contributed by atoms with van der Waals surface area (Å²) in [7, 11) is -2.93. The van der Waals surface area contributed by atoms with Crippen molar-refractivity contribution in [1.29, 1.82) is 0 Å². The molecule has 1 saturated heterocycles. The molecule has 1 fully saturated rings. The second kappa shape index (κ2) is 6.79. The Morgan fingerprint density at radius 3 is 2.57 bits per heavy atom. The molecule has 0 spiro atoms. The van der Waals surface area contributed by atoms with E-state index in [2.05, 4.69) is 0 Å². The molecule has 0 bridgehead atoms. The molecule has 21 heavy (non-hydrogen) atoms. The Morgan fingerprint density at radius 1 is 1.33 bits per heavy atom. The van der Waals surface area contributed by atoms with Crippen LogP contribution in [0.4, 0.5) is 0 Å². The van der Waals surface area contributed by atoms with Gasteiger partial charge in [-0.25, -0.2) is 8.42 Å². The van der Waals surface area contributed by atoms with Gasteiger partial charge in [0.25, 0.3) is 0 Å². The minimum absolute atomic E-state index is 0.0788. The summed E-state index contributed by atoms with van der Waals surface area (Å²) in [5.41, 5.74) is 0.908. The quantitative estimate of drug-likeness (QED) is 0.850. The first kappa shape index (κ1) is 16.3. The summed E-state index contributed by atoms with van der Waals surface area (Å²) in [6.45, 7) is 1.28. The first-order valence-corrected chi connectivity index (χ1v) is 9.47. The van der Waals surface area contributed by atoms with Crippen molar-refractivity contribution in [3.8, 4) is 0 Å². The zero-order chi connectivity index (χ0) is 15.5. The molecule has 1 aromatic rings. The summed E-state index contributed by atoms with van der Waals surface area (Å²) >= 11 is 5.91. The number of carbonyl (C=O) groups excluding carboxylic acids is 1. The van der Waals surface area contributed by atoms with E-state index in [9.17, 15) is 13.2 Å². The lowest BCUT2D eigenvalue weighted by Gasteiger charge is -2.31. The molecule has 0 N–H and O–H groups in total. The molecule has 0 atom stereocenters. The summed E-state index contributed by atoms with van der Waals surface area (Å²) in [6.07, 6.45) is 3.13. The van der Waals surface area contributed by atoms with Crippen LogP contribution < -0.4 is 0 Å². The topological polar surface area (TPSA) is 54.5 Å². The van der Waals surface area contributed by atoms with Gasteiger partial charge in [-0.3, -0.25) is 4.79 Å². The minimum atomic E-state index is -2.93. The summed E-state index contributed by atoms with van der Waals surface area (Å²) in [5.74, 6) is 0.480. The lowest BCUT2D eigenvalue weighted by Crippen LogP contribution is -2.40. The van der Waals surface area contributed by atoms with Crippen molar-refractivity contribution in [2.24, 2.45) is 5.92 Å². The number of hydrogen-bond acceptors (Lipinski definition) is 3. The molecule has 1 amide bonds. The van der Waals surface area contributed by atoms with Gasteiger partial charge in [-0.2, -0.15) is 0 Å². The molecule has 116 valence electrons. The molecule has 0 radical (unpaired) electrons. The predicted octanol–water partition coefficient (Wildman–Crippen LogP) is 2.17. The number of sulfone groups is 1. The van der Waals surface area contributed by atoms with Gasteiger partial charge in [-0.1, -0.05) is 23.7 Å². The molecule has 1 aromatic carbocycles. The maximum atomic E-state index is 12.2. The average Bonchev–Trinajstić information content (AvgIpc) is 2.37. The third-order valence-electron chi connectivity index (χ3n) is 3.75. The maximum Gasteiger partial charge on any atom is 0.226 e. The highest BCUT2D eigenvalue weighted by molar-refractivity contribution is 7.90. The molecular formula is C15H20ClNO3S. The van der Waals surface area contributed by atoms with Crippen LogP contribution in [0.3, 0.4) is 0 Å². The van der Waals surface area contributed by atoms with E-state index in [4.69, 9.17) is 11.6 Å². The van der Waals surface area contributed by atoms with E-state index in [1.165, 1.54) is 6.26 Å². The third kappa shape index (κ3) is 5.32. The zero-order valence-electron chi connectivity index (χ0n) is 12.1. The Hall–Kier alpha value is -1.07. The first-order chi connectivity index (χ1) is 9.83. The molecule has 4 nitrogen and oxygen atoms in total. The predicted molar refractivity (Wildman–Crippen MR) is 84.2 cm³/mol. The van der Waals surface area contributed by atoms with Crippen molar-refractivity contribution in [3.63, 3.8) is 0 Å². The van der Waals surface area contributed by atoms with Gasteiger partial charge in [0.2, 0.25) is 5.91 Å². The Kier molecular flexibility index (Phi) is 5.27. The fraction of sp³-hybridized carbons (Fsp3) is 0.533. The Balaban J connectivity index is 1.86. The van der Waals surface area contributed by atoms with Crippen molar-refractivity contribution in [2.45, 2.75) is 19.3 Å². The van der Waals surface area contributed by atoms with Crippen LogP contribution in [-0.4, -0.2) is 44.3 Å². The number of piperidine rings is 1. The monoisotopic (exact) mass is 329 g/mol. The average molecular weight is 330 g/mol. The van der Waals surface area contributed by atoms with Gasteiger partial charge in [0, 0.05) is 24.4 Å². The number of amides is 1. The van der Waals surface area contributed by atoms with Crippen LogP contribution in [0.25, 0.3) is 0 Å². The summed E-state index contributed by atoms with van der Waals surface area (Å²) in [4.78, 5) is 14.1. The molecular weight excluding hydrogens is 310 g/mol. The number of nitrogens with zero attached hydrogens (tertiary/aromatic N) is 1. The molecule has 1 heterocycles. The van der Waals surface area contributed by atoms with E-state index < -0.39 is 9.84 Å². The van der Waals surface area contributed by atoms with Gasteiger partial charge < -0.3 is 4.90 Å². The van der Waals surface area contributed by atoms with Gasteiger partial charge in [0.15, 0.2) is 0 Å². The summed E-state index contributed by atoms with van der Waals surface area (Å²) in [6, 6.07) is 7.31. The second-order valence-corrected chi connectivity index (χ2v) is 8.34. The first-order valence-electron chi connectivity index (χ1n) is 7.03. The minimum Gasteiger partial charge on any atom is -0.342 e. The molecule has 1 aliphatic rings. The Morgan fingerprint density at radius 2 is 2.00 bits per heavy atom. The van der Waals surface area contributed by atoms with E-state index in [-0.39, 0.29) is 17.6 Å². The van der Waals surface area contributed by atoms with Crippen LogP contribution in [0.5, 0.6) is 0 Å². The number of benzene rings is 1. The van der Waals surface area contributed by atoms with Crippen molar-refractivity contribution in [3.05, 3.63) is 34.9 Å². The molecule has 2 rings (SSSR count). The second-order valence-electron chi connectivity index (χ2n) is 5.72. The smallest absolute Gasteiger partial charge is 0.226 e. The van der Waals surface area contributed by atoms with Gasteiger partial charge in [0.05, 0.1) is 12.2 Å². The van der Waals surface area contributed by atoms with Crippen molar-refractivity contribution < 1.29 is 13.2 Å². The third-order valence-corrected chi connectivity index (χ3v) is 5.06. The highest BCUT2D eigenvalue weighted by Gasteiger charge is 2.25. The standard InChI is InChI=1S/C15H20ClNO3S/c1-21(19,20)11-12-5-7-17(8-6-12)15(18)10-13-3-2-4-14(16)9-13/h2-4,9,12H,5-8,10-11H2,1H3. The van der Waals surface area contributed by atoms with Gasteiger partial charge in [0.1, 0.15) is 9.84 Å². The maximum absolute atomic E-state index is 12.2. The number of rotatable bonds is 4. The van der Waals surface area contributed by atoms with Gasteiger partial charge in [-0.05, 0) is 36.5 Å². The van der Waals surface area contributed by atoms with Crippen molar-refractivity contribution in [1.82, 2.24) is 4.90 Å². The lowest BCUT2D eigenvalue weighted by atomic mass is 9.98. The molecule has 1 aliphatic heterocycles. The van der Waals surface area contributed by atoms with Crippen LogP contribution in [-0.2, 0) is 21.1 Å². The molecule has 6 heteroatoms. The Labute approximate surface area is 131 Å². The van der Waals surface area contributed by atoms with E-state index >= 15 is 0 Å². The van der Waals surface area contributed by atoms with Crippen LogP contribution in [0.2, 0.25) is 5.02 Å². The highest BCUT2D eigenvalue weighted by atomic mass is 35.5. The summed E-state index contributed by atoms with van der Waals surface area (Å²) < 4.78 is 22.6. The number of likely N-dealkylation sites (tertiary alicyclic amines) is 1. The molecule has 0 saturated carbocycles. The van der Waals surface area contributed by atoms with E-state index in [0.29, 0.717) is 24.5 Å². The van der Waals surface area contributed by atoms with Crippen molar-refractivity contribution in [2.75, 3.05) is 25.1 Å². The van der Waals surface area contributed by atoms with E-state index in [0.717, 1.165) is 18.4 Å². The van der Waals surface area contributed by atoms with E-state index in [1.807, 2.05) is 17.0 Å². The van der Waals surface area contributed by atoms with Gasteiger partial charge in [-0.15, -0.1) is 0 Å². The normalized spacial score (nSPS) is 17.0. The fourth-order valence-electron chi connectivity index (χ4n) is 2.71. The fourth-order valence-corrected chi connectivity index (χ4v) is 4.11. The molecule has 0 unspecified atom stereocenters. The van der Waals surface area contributed by atoms with Crippen LogP contribution >= 0.6 is 11.6 Å². The number of hydrogen-bond donors (Lipinski definition) is 0. The SMILES string of the molecule is CS(=O)(=O)CC1CCN(C(=O)Cc2cccc(Cl)c2)CC1. The zero-order valence-corrected chi connectivity index (χ0v) is 13.7. The highest BCUT2D eigenvalue weighted by Crippen LogP contribution is 2.20. The van der Waals surface area contributed by atoms with Gasteiger partial charge >= 0.3 is 0 Å². The molecule has 0 aromatic heterocycles. The summed E-state index contributed by atoms with van der Waals surface area (Å²) in [5, 5.41) is 0.632. The van der Waals surface area contributed by atoms with E-state index in [1.54, 1.807) is 12.1 Å². The number of halogens is 1. The van der Waals surface area contributed by atoms with Crippen molar-refractivity contribution >= 4 is 27.3 Å².